The number of aromatic nitrogens is 1. The van der Waals surface area contributed by atoms with Gasteiger partial charge < -0.3 is 0 Å². The van der Waals surface area contributed by atoms with Crippen LogP contribution in [0.3, 0.4) is 0 Å². The lowest BCUT2D eigenvalue weighted by Gasteiger charge is -2.05. The van der Waals surface area contributed by atoms with Gasteiger partial charge in [0.15, 0.2) is 0 Å². The molecule has 0 aliphatic heterocycles. The SMILES string of the molecule is CCCCc1cccc(-c2ccc(C)nc2)c1. The second-order valence-corrected chi connectivity index (χ2v) is 4.49. The molecule has 0 N–H and O–H groups in total. The molecular weight excluding hydrogens is 206 g/mol. The molecule has 1 heterocycles. The number of hydrogen-bond donors (Lipinski definition) is 0. The largest absolute Gasteiger partial charge is 0.261 e. The summed E-state index contributed by atoms with van der Waals surface area (Å²) in [7, 11) is 0. The van der Waals surface area contributed by atoms with Crippen LogP contribution in [0.5, 0.6) is 0 Å². The van der Waals surface area contributed by atoms with Gasteiger partial charge in [0, 0.05) is 17.5 Å². The van der Waals surface area contributed by atoms with Crippen LogP contribution in [0.4, 0.5) is 0 Å². The maximum atomic E-state index is 4.35. The summed E-state index contributed by atoms with van der Waals surface area (Å²) in [5.41, 5.74) is 4.96. The predicted molar refractivity (Wildman–Crippen MR) is 73.0 cm³/mol. The molecular formula is C16H19N. The highest BCUT2D eigenvalue weighted by Crippen LogP contribution is 2.20. The summed E-state index contributed by atoms with van der Waals surface area (Å²) in [6.07, 6.45) is 5.63. The summed E-state index contributed by atoms with van der Waals surface area (Å²) < 4.78 is 0. The maximum Gasteiger partial charge on any atom is 0.0373 e. The third-order valence-corrected chi connectivity index (χ3v) is 2.99. The number of nitrogens with zero attached hydrogens (tertiary/aromatic N) is 1. The third kappa shape index (κ3) is 3.16. The first-order chi connectivity index (χ1) is 8.29. The van der Waals surface area contributed by atoms with E-state index < -0.39 is 0 Å². The molecule has 1 nitrogen and oxygen atoms in total. The van der Waals surface area contributed by atoms with Gasteiger partial charge in [-0.2, -0.15) is 0 Å². The Morgan fingerprint density at radius 3 is 2.65 bits per heavy atom. The van der Waals surface area contributed by atoms with Crippen molar-refractivity contribution in [3.8, 4) is 11.1 Å². The predicted octanol–water partition coefficient (Wildman–Crippen LogP) is 4.40. The average molecular weight is 225 g/mol. The Kier molecular flexibility index (Phi) is 3.92. The fourth-order valence-corrected chi connectivity index (χ4v) is 1.93. The lowest BCUT2D eigenvalue weighted by Crippen LogP contribution is -1.87. The molecule has 0 fully saturated rings. The Balaban J connectivity index is 2.23. The molecule has 0 radical (unpaired) electrons. The highest BCUT2D eigenvalue weighted by Gasteiger charge is 1.99. The molecule has 0 bridgehead atoms. The number of rotatable bonds is 4. The van der Waals surface area contributed by atoms with Crippen molar-refractivity contribution < 1.29 is 0 Å². The van der Waals surface area contributed by atoms with Gasteiger partial charge in [0.2, 0.25) is 0 Å². The molecule has 0 aliphatic rings. The zero-order valence-corrected chi connectivity index (χ0v) is 10.6. The van der Waals surface area contributed by atoms with Crippen molar-refractivity contribution in [3.05, 3.63) is 53.9 Å². The normalized spacial score (nSPS) is 10.5. The monoisotopic (exact) mass is 225 g/mol. The average Bonchev–Trinajstić information content (AvgIpc) is 2.37. The summed E-state index contributed by atoms with van der Waals surface area (Å²) >= 11 is 0. The van der Waals surface area contributed by atoms with Crippen LogP contribution < -0.4 is 0 Å². The number of aryl methyl sites for hydroxylation is 2. The van der Waals surface area contributed by atoms with Crippen molar-refractivity contribution in [2.24, 2.45) is 0 Å². The van der Waals surface area contributed by atoms with Crippen molar-refractivity contribution in [2.75, 3.05) is 0 Å². The molecule has 0 saturated carbocycles. The second-order valence-electron chi connectivity index (χ2n) is 4.49. The number of unbranched alkanes of at least 4 members (excludes halogenated alkanes) is 1. The lowest BCUT2D eigenvalue weighted by molar-refractivity contribution is 0.795. The third-order valence-electron chi connectivity index (χ3n) is 2.99. The van der Waals surface area contributed by atoms with Crippen LogP contribution in [0, 0.1) is 6.92 Å². The van der Waals surface area contributed by atoms with E-state index in [-0.39, 0.29) is 0 Å². The summed E-state index contributed by atoms with van der Waals surface area (Å²) in [4.78, 5) is 4.35. The van der Waals surface area contributed by atoms with Crippen LogP contribution in [0.2, 0.25) is 0 Å². The molecule has 1 aromatic heterocycles. The number of pyridine rings is 1. The molecule has 1 heteroatoms. The van der Waals surface area contributed by atoms with Crippen LogP contribution in [0.25, 0.3) is 11.1 Å². The lowest BCUT2D eigenvalue weighted by atomic mass is 10.0. The quantitative estimate of drug-likeness (QED) is 0.751. The van der Waals surface area contributed by atoms with E-state index in [1.807, 2.05) is 13.1 Å². The van der Waals surface area contributed by atoms with E-state index in [2.05, 4.69) is 48.3 Å². The van der Waals surface area contributed by atoms with Crippen LogP contribution in [0.15, 0.2) is 42.6 Å². The highest BCUT2D eigenvalue weighted by molar-refractivity contribution is 5.63. The Labute approximate surface area is 104 Å². The van der Waals surface area contributed by atoms with Gasteiger partial charge in [0.1, 0.15) is 0 Å². The maximum absolute atomic E-state index is 4.35. The van der Waals surface area contributed by atoms with Crippen molar-refractivity contribution in [1.82, 2.24) is 4.98 Å². The number of hydrogen-bond acceptors (Lipinski definition) is 1. The zero-order chi connectivity index (χ0) is 12.1. The van der Waals surface area contributed by atoms with Gasteiger partial charge in [0.05, 0.1) is 0 Å². The van der Waals surface area contributed by atoms with Crippen molar-refractivity contribution in [2.45, 2.75) is 33.1 Å². The summed E-state index contributed by atoms with van der Waals surface area (Å²) in [5.74, 6) is 0. The first kappa shape index (κ1) is 11.8. The van der Waals surface area contributed by atoms with Crippen LogP contribution >= 0.6 is 0 Å². The molecule has 0 atom stereocenters. The number of benzene rings is 1. The smallest absolute Gasteiger partial charge is 0.0373 e. The minimum atomic E-state index is 1.07. The molecule has 0 aliphatic carbocycles. The Hall–Kier alpha value is -1.63. The van der Waals surface area contributed by atoms with Gasteiger partial charge in [-0.25, -0.2) is 0 Å². The Morgan fingerprint density at radius 2 is 1.94 bits per heavy atom. The minimum Gasteiger partial charge on any atom is -0.261 e. The zero-order valence-electron chi connectivity index (χ0n) is 10.6. The molecule has 2 rings (SSSR count). The minimum absolute atomic E-state index is 1.07. The fraction of sp³-hybridized carbons (Fsp3) is 0.312. The summed E-state index contributed by atoms with van der Waals surface area (Å²) in [5, 5.41) is 0. The van der Waals surface area contributed by atoms with E-state index >= 15 is 0 Å². The molecule has 0 spiro atoms. The van der Waals surface area contributed by atoms with Crippen LogP contribution in [-0.4, -0.2) is 4.98 Å². The van der Waals surface area contributed by atoms with Crippen molar-refractivity contribution >= 4 is 0 Å². The molecule has 2 aromatic rings. The van der Waals surface area contributed by atoms with Crippen LogP contribution in [0.1, 0.15) is 31.0 Å². The van der Waals surface area contributed by atoms with E-state index in [0.717, 1.165) is 5.69 Å². The van der Waals surface area contributed by atoms with Gasteiger partial charge in [-0.1, -0.05) is 43.7 Å². The standard InChI is InChI=1S/C16H19N/c1-3-4-6-14-7-5-8-15(11-14)16-10-9-13(2)17-12-16/h5,7-12H,3-4,6H2,1-2H3. The van der Waals surface area contributed by atoms with E-state index in [1.165, 1.54) is 36.0 Å². The Bertz CT molecular complexity index is 471. The highest BCUT2D eigenvalue weighted by atomic mass is 14.7. The van der Waals surface area contributed by atoms with Crippen molar-refractivity contribution in [3.63, 3.8) is 0 Å². The second kappa shape index (κ2) is 5.62. The van der Waals surface area contributed by atoms with E-state index in [0.29, 0.717) is 0 Å². The molecule has 0 unspecified atom stereocenters. The van der Waals surface area contributed by atoms with E-state index in [4.69, 9.17) is 0 Å². The summed E-state index contributed by atoms with van der Waals surface area (Å²) in [6, 6.07) is 13.0. The van der Waals surface area contributed by atoms with Crippen molar-refractivity contribution in [1.29, 1.82) is 0 Å². The van der Waals surface area contributed by atoms with Gasteiger partial charge in [0.25, 0.3) is 0 Å². The van der Waals surface area contributed by atoms with E-state index in [9.17, 15) is 0 Å². The van der Waals surface area contributed by atoms with E-state index in [1.54, 1.807) is 0 Å². The van der Waals surface area contributed by atoms with Gasteiger partial charge in [-0.15, -0.1) is 0 Å². The van der Waals surface area contributed by atoms with Gasteiger partial charge in [-0.3, -0.25) is 4.98 Å². The Morgan fingerprint density at radius 1 is 1.06 bits per heavy atom. The fourth-order valence-electron chi connectivity index (χ4n) is 1.93. The van der Waals surface area contributed by atoms with Gasteiger partial charge in [-0.05, 0) is 37.0 Å². The molecule has 88 valence electrons. The summed E-state index contributed by atoms with van der Waals surface area (Å²) in [6.45, 7) is 4.25. The molecule has 17 heavy (non-hydrogen) atoms. The first-order valence-corrected chi connectivity index (χ1v) is 6.31. The van der Waals surface area contributed by atoms with Crippen LogP contribution in [-0.2, 0) is 6.42 Å². The van der Waals surface area contributed by atoms with Gasteiger partial charge >= 0.3 is 0 Å². The topological polar surface area (TPSA) is 12.9 Å². The molecule has 1 aromatic carbocycles. The first-order valence-electron chi connectivity index (χ1n) is 6.31. The molecule has 0 amide bonds. The molecule has 0 saturated heterocycles.